The van der Waals surface area contributed by atoms with Crippen molar-refractivity contribution in [1.29, 1.82) is 0 Å². The van der Waals surface area contributed by atoms with Crippen molar-refractivity contribution in [1.82, 2.24) is 5.32 Å². The predicted molar refractivity (Wildman–Crippen MR) is 70.5 cm³/mol. The van der Waals surface area contributed by atoms with E-state index in [0.29, 0.717) is 18.5 Å². The first-order chi connectivity index (χ1) is 8.13. The van der Waals surface area contributed by atoms with Gasteiger partial charge in [-0.25, -0.2) is 0 Å². The Balaban J connectivity index is 2.64. The van der Waals surface area contributed by atoms with Crippen molar-refractivity contribution in [3.63, 3.8) is 0 Å². The Bertz CT molecular complexity index is 435. The average molecular weight is 229 g/mol. The van der Waals surface area contributed by atoms with E-state index >= 15 is 0 Å². The fourth-order valence-corrected chi connectivity index (χ4v) is 1.49. The van der Waals surface area contributed by atoms with Crippen LogP contribution >= 0.6 is 0 Å². The second kappa shape index (κ2) is 6.72. The quantitative estimate of drug-likeness (QED) is 0.623. The van der Waals surface area contributed by atoms with E-state index in [2.05, 4.69) is 11.0 Å². The van der Waals surface area contributed by atoms with Crippen LogP contribution in [0.4, 0.5) is 0 Å². The molecule has 90 valence electrons. The molecule has 0 radical (unpaired) electrons. The van der Waals surface area contributed by atoms with E-state index in [0.717, 1.165) is 11.1 Å². The molecule has 0 aliphatic carbocycles. The number of benzene rings is 1. The molecule has 0 atom stereocenters. The van der Waals surface area contributed by atoms with Gasteiger partial charge in [-0.3, -0.25) is 4.79 Å². The van der Waals surface area contributed by atoms with E-state index in [1.165, 1.54) is 0 Å². The van der Waals surface area contributed by atoms with Crippen LogP contribution in [-0.2, 0) is 11.3 Å². The van der Waals surface area contributed by atoms with Gasteiger partial charge in [-0.05, 0) is 31.4 Å². The SMILES string of the molecule is CCC(=C=C(C)C)C(=O)NCc1ccccc1. The van der Waals surface area contributed by atoms with Crippen LogP contribution < -0.4 is 5.32 Å². The van der Waals surface area contributed by atoms with Gasteiger partial charge in [0.2, 0.25) is 0 Å². The molecule has 1 amide bonds. The van der Waals surface area contributed by atoms with Crippen molar-refractivity contribution < 1.29 is 4.79 Å². The average Bonchev–Trinajstić information content (AvgIpc) is 2.34. The van der Waals surface area contributed by atoms with Crippen molar-refractivity contribution in [2.45, 2.75) is 33.7 Å². The predicted octanol–water partition coefficient (Wildman–Crippen LogP) is 3.20. The molecule has 0 heterocycles. The van der Waals surface area contributed by atoms with Crippen molar-refractivity contribution in [3.05, 3.63) is 52.8 Å². The number of carbonyl (C=O) groups is 1. The topological polar surface area (TPSA) is 29.1 Å². The van der Waals surface area contributed by atoms with Crippen molar-refractivity contribution in [3.8, 4) is 0 Å². The van der Waals surface area contributed by atoms with Crippen LogP contribution in [-0.4, -0.2) is 5.91 Å². The van der Waals surface area contributed by atoms with Gasteiger partial charge in [0.1, 0.15) is 0 Å². The Labute approximate surface area is 103 Å². The van der Waals surface area contributed by atoms with E-state index in [9.17, 15) is 4.79 Å². The molecule has 0 fully saturated rings. The number of carbonyl (C=O) groups excluding carboxylic acids is 1. The molecule has 0 aromatic heterocycles. The zero-order valence-electron chi connectivity index (χ0n) is 10.7. The summed E-state index contributed by atoms with van der Waals surface area (Å²) in [6.45, 7) is 6.42. The number of hydrogen-bond acceptors (Lipinski definition) is 1. The standard InChI is InChI=1S/C15H19NO/c1-4-14(10-12(2)3)15(17)16-11-13-8-6-5-7-9-13/h5-9H,4,11H2,1-3H3,(H,16,17). The summed E-state index contributed by atoms with van der Waals surface area (Å²) in [6, 6.07) is 9.89. The number of amides is 1. The van der Waals surface area contributed by atoms with Gasteiger partial charge >= 0.3 is 0 Å². The molecular formula is C15H19NO. The molecule has 1 rings (SSSR count). The number of rotatable bonds is 4. The van der Waals surface area contributed by atoms with Crippen molar-refractivity contribution >= 4 is 5.91 Å². The molecule has 1 aromatic carbocycles. The molecule has 17 heavy (non-hydrogen) atoms. The molecule has 0 bridgehead atoms. The molecule has 0 aliphatic rings. The third-order valence-corrected chi connectivity index (χ3v) is 2.32. The van der Waals surface area contributed by atoms with Gasteiger partial charge in [-0.15, -0.1) is 5.73 Å². The van der Waals surface area contributed by atoms with Gasteiger partial charge in [0.25, 0.3) is 5.91 Å². The second-order valence-electron chi connectivity index (χ2n) is 4.13. The maximum Gasteiger partial charge on any atom is 0.255 e. The second-order valence-corrected chi connectivity index (χ2v) is 4.13. The number of nitrogens with one attached hydrogen (secondary N) is 1. The van der Waals surface area contributed by atoms with Crippen molar-refractivity contribution in [2.24, 2.45) is 0 Å². The van der Waals surface area contributed by atoms with Crippen LogP contribution in [0.3, 0.4) is 0 Å². The molecule has 0 unspecified atom stereocenters. The van der Waals surface area contributed by atoms with Crippen LogP contribution in [0.5, 0.6) is 0 Å². The zero-order valence-corrected chi connectivity index (χ0v) is 10.7. The third-order valence-electron chi connectivity index (χ3n) is 2.32. The lowest BCUT2D eigenvalue weighted by molar-refractivity contribution is -0.117. The fourth-order valence-electron chi connectivity index (χ4n) is 1.49. The molecular weight excluding hydrogens is 210 g/mol. The smallest absolute Gasteiger partial charge is 0.255 e. The van der Waals surface area contributed by atoms with Gasteiger partial charge in [-0.2, -0.15) is 0 Å². The molecule has 0 saturated carbocycles. The Kier molecular flexibility index (Phi) is 5.25. The van der Waals surface area contributed by atoms with Crippen LogP contribution in [0.25, 0.3) is 0 Å². The first kappa shape index (κ1) is 13.3. The fraction of sp³-hybridized carbons (Fsp3) is 0.333. The third kappa shape index (κ3) is 4.71. The lowest BCUT2D eigenvalue weighted by atomic mass is 10.1. The van der Waals surface area contributed by atoms with Crippen LogP contribution in [0.2, 0.25) is 0 Å². The molecule has 0 aliphatic heterocycles. The molecule has 0 saturated heterocycles. The Hall–Kier alpha value is -1.79. The highest BCUT2D eigenvalue weighted by atomic mass is 16.1. The van der Waals surface area contributed by atoms with Crippen LogP contribution in [0.15, 0.2) is 47.2 Å². The van der Waals surface area contributed by atoms with E-state index in [1.807, 2.05) is 51.1 Å². The Morgan fingerprint density at radius 1 is 1.24 bits per heavy atom. The zero-order chi connectivity index (χ0) is 12.7. The lowest BCUT2D eigenvalue weighted by Crippen LogP contribution is -2.24. The molecule has 1 aromatic rings. The summed E-state index contributed by atoms with van der Waals surface area (Å²) in [7, 11) is 0. The highest BCUT2D eigenvalue weighted by molar-refractivity contribution is 5.93. The monoisotopic (exact) mass is 229 g/mol. The summed E-state index contributed by atoms with van der Waals surface area (Å²) in [4.78, 5) is 11.9. The summed E-state index contributed by atoms with van der Waals surface area (Å²) in [5, 5.41) is 2.90. The van der Waals surface area contributed by atoms with E-state index in [-0.39, 0.29) is 5.91 Å². The van der Waals surface area contributed by atoms with Gasteiger partial charge in [0, 0.05) is 6.54 Å². The molecule has 0 spiro atoms. The highest BCUT2D eigenvalue weighted by Gasteiger charge is 2.05. The van der Waals surface area contributed by atoms with Crippen LogP contribution in [0, 0.1) is 0 Å². The van der Waals surface area contributed by atoms with E-state index < -0.39 is 0 Å². The minimum Gasteiger partial charge on any atom is -0.348 e. The minimum atomic E-state index is -0.0300. The normalized spacial score (nSPS) is 9.35. The van der Waals surface area contributed by atoms with Crippen molar-refractivity contribution in [2.75, 3.05) is 0 Å². The summed E-state index contributed by atoms with van der Waals surface area (Å²) < 4.78 is 0. The van der Waals surface area contributed by atoms with E-state index in [4.69, 9.17) is 0 Å². The van der Waals surface area contributed by atoms with Gasteiger partial charge in [0.15, 0.2) is 0 Å². The van der Waals surface area contributed by atoms with Gasteiger partial charge in [-0.1, -0.05) is 37.3 Å². The van der Waals surface area contributed by atoms with Gasteiger partial charge in [0.05, 0.1) is 5.57 Å². The summed E-state index contributed by atoms with van der Waals surface area (Å²) in [5.41, 5.74) is 5.93. The molecule has 2 heteroatoms. The van der Waals surface area contributed by atoms with Gasteiger partial charge < -0.3 is 5.32 Å². The maximum atomic E-state index is 11.9. The minimum absolute atomic E-state index is 0.0300. The highest BCUT2D eigenvalue weighted by Crippen LogP contribution is 2.03. The summed E-state index contributed by atoms with van der Waals surface area (Å²) in [6.07, 6.45) is 0.700. The Morgan fingerprint density at radius 2 is 1.88 bits per heavy atom. The van der Waals surface area contributed by atoms with Crippen LogP contribution in [0.1, 0.15) is 32.8 Å². The largest absolute Gasteiger partial charge is 0.348 e. The lowest BCUT2D eigenvalue weighted by Gasteiger charge is -2.05. The van der Waals surface area contributed by atoms with E-state index in [1.54, 1.807) is 0 Å². The summed E-state index contributed by atoms with van der Waals surface area (Å²) >= 11 is 0. The summed E-state index contributed by atoms with van der Waals surface area (Å²) in [5.74, 6) is -0.0300. The Morgan fingerprint density at radius 3 is 2.41 bits per heavy atom. The molecule has 1 N–H and O–H groups in total. The number of hydrogen-bond donors (Lipinski definition) is 1. The first-order valence-corrected chi connectivity index (χ1v) is 5.88. The first-order valence-electron chi connectivity index (χ1n) is 5.88. The molecule has 2 nitrogen and oxygen atoms in total. The maximum absolute atomic E-state index is 11.9.